The Hall–Kier alpha value is -2.45. The molecule has 0 spiro atoms. The zero-order valence-electron chi connectivity index (χ0n) is 18.1. The van der Waals surface area contributed by atoms with E-state index < -0.39 is 5.91 Å². The summed E-state index contributed by atoms with van der Waals surface area (Å²) in [7, 11) is 0. The number of aryl methyl sites for hydroxylation is 3. The molecule has 0 radical (unpaired) electrons. The average molecular weight is 469 g/mol. The summed E-state index contributed by atoms with van der Waals surface area (Å²) in [6.45, 7) is 0. The van der Waals surface area contributed by atoms with Gasteiger partial charge in [-0.3, -0.25) is 9.59 Å². The first-order chi connectivity index (χ1) is 15.5. The van der Waals surface area contributed by atoms with Crippen LogP contribution in [0.4, 0.5) is 10.7 Å². The number of aromatic nitrogens is 1. The standard InChI is InChI=1S/C24H28N4O2S2/c25-19-15-12-13-8-4-1-2-6-10-16(13)27-23(15)32-20(19)22(30)28-24-18(21(26)29)14-9-5-3-7-11-17(14)31-24/h12H,1-11,25H2,(H2,26,29)(H,28,30). The van der Waals surface area contributed by atoms with Crippen LogP contribution in [0.1, 0.15) is 86.7 Å². The number of fused-ring (bicyclic) bond motifs is 3. The lowest BCUT2D eigenvalue weighted by molar-refractivity contribution is 0.100. The Balaban J connectivity index is 1.49. The predicted molar refractivity (Wildman–Crippen MR) is 132 cm³/mol. The van der Waals surface area contributed by atoms with Crippen LogP contribution >= 0.6 is 22.7 Å². The van der Waals surface area contributed by atoms with Gasteiger partial charge in [-0.05, 0) is 68.6 Å². The molecule has 3 aromatic heterocycles. The second-order valence-corrected chi connectivity index (χ2v) is 10.9. The van der Waals surface area contributed by atoms with Gasteiger partial charge in [0.05, 0.1) is 11.3 Å². The highest BCUT2D eigenvalue weighted by molar-refractivity contribution is 7.21. The first kappa shape index (κ1) is 21.4. The molecule has 5 rings (SSSR count). The first-order valence-electron chi connectivity index (χ1n) is 11.5. The number of nitrogens with two attached hydrogens (primary N) is 2. The van der Waals surface area contributed by atoms with E-state index in [0.717, 1.165) is 84.1 Å². The summed E-state index contributed by atoms with van der Waals surface area (Å²) in [6.07, 6.45) is 11.8. The van der Waals surface area contributed by atoms with Gasteiger partial charge in [0.1, 0.15) is 14.7 Å². The van der Waals surface area contributed by atoms with Gasteiger partial charge < -0.3 is 16.8 Å². The second-order valence-electron chi connectivity index (χ2n) is 8.79. The minimum atomic E-state index is -0.481. The number of pyridine rings is 1. The number of anilines is 2. The molecule has 0 bridgehead atoms. The van der Waals surface area contributed by atoms with E-state index in [1.165, 1.54) is 41.1 Å². The maximum Gasteiger partial charge on any atom is 0.268 e. The number of hydrogen-bond donors (Lipinski definition) is 3. The van der Waals surface area contributed by atoms with Crippen molar-refractivity contribution in [1.82, 2.24) is 4.98 Å². The van der Waals surface area contributed by atoms with Crippen molar-refractivity contribution in [2.75, 3.05) is 11.1 Å². The van der Waals surface area contributed by atoms with Crippen molar-refractivity contribution in [1.29, 1.82) is 0 Å². The molecule has 32 heavy (non-hydrogen) atoms. The normalized spacial score (nSPS) is 16.5. The third-order valence-electron chi connectivity index (χ3n) is 6.60. The molecule has 3 aromatic rings. The Morgan fingerprint density at radius 1 is 0.938 bits per heavy atom. The molecule has 0 fully saturated rings. The lowest BCUT2D eigenvalue weighted by Crippen LogP contribution is -2.18. The fourth-order valence-electron chi connectivity index (χ4n) is 4.93. The molecule has 0 aromatic carbocycles. The molecule has 0 atom stereocenters. The van der Waals surface area contributed by atoms with Gasteiger partial charge in [0, 0.05) is 16.0 Å². The predicted octanol–water partition coefficient (Wildman–Crippen LogP) is 5.22. The molecular formula is C24H28N4O2S2. The molecule has 6 nitrogen and oxygen atoms in total. The number of thiophene rings is 2. The van der Waals surface area contributed by atoms with Crippen LogP contribution in [0.25, 0.3) is 10.2 Å². The quantitative estimate of drug-likeness (QED) is 0.458. The van der Waals surface area contributed by atoms with Gasteiger partial charge in [-0.15, -0.1) is 22.7 Å². The van der Waals surface area contributed by atoms with E-state index in [1.807, 2.05) is 0 Å². The molecule has 3 heterocycles. The second kappa shape index (κ2) is 8.83. The molecule has 2 aliphatic carbocycles. The maximum absolute atomic E-state index is 13.2. The highest BCUT2D eigenvalue weighted by Crippen LogP contribution is 2.39. The third-order valence-corrected chi connectivity index (χ3v) is 8.92. The smallest absolute Gasteiger partial charge is 0.268 e. The van der Waals surface area contributed by atoms with Crippen molar-refractivity contribution in [2.24, 2.45) is 5.73 Å². The summed E-state index contributed by atoms with van der Waals surface area (Å²) in [5, 5.41) is 4.36. The van der Waals surface area contributed by atoms with Gasteiger partial charge in [-0.25, -0.2) is 4.98 Å². The molecule has 2 amide bonds. The lowest BCUT2D eigenvalue weighted by Gasteiger charge is -2.12. The van der Waals surface area contributed by atoms with Gasteiger partial charge in [0.25, 0.3) is 11.8 Å². The lowest BCUT2D eigenvalue weighted by atomic mass is 9.96. The molecule has 0 saturated heterocycles. The van der Waals surface area contributed by atoms with Crippen LogP contribution in [-0.4, -0.2) is 16.8 Å². The van der Waals surface area contributed by atoms with Crippen molar-refractivity contribution in [3.8, 4) is 0 Å². The Kier molecular flexibility index (Phi) is 5.90. The molecule has 0 aliphatic heterocycles. The zero-order valence-corrected chi connectivity index (χ0v) is 19.7. The number of primary amides is 1. The fourth-order valence-corrected chi connectivity index (χ4v) is 7.21. The number of hydrogen-bond acceptors (Lipinski definition) is 6. The molecule has 0 saturated carbocycles. The highest BCUT2D eigenvalue weighted by atomic mass is 32.1. The van der Waals surface area contributed by atoms with Crippen LogP contribution in [0.5, 0.6) is 0 Å². The Bertz CT molecular complexity index is 1210. The number of carbonyl (C=O) groups excluding carboxylic acids is 2. The van der Waals surface area contributed by atoms with Gasteiger partial charge in [0.15, 0.2) is 0 Å². The fraction of sp³-hybridized carbons (Fsp3) is 0.458. The molecule has 8 heteroatoms. The zero-order chi connectivity index (χ0) is 22.2. The van der Waals surface area contributed by atoms with Gasteiger partial charge in [-0.1, -0.05) is 19.3 Å². The summed E-state index contributed by atoms with van der Waals surface area (Å²) >= 11 is 2.81. The van der Waals surface area contributed by atoms with E-state index in [-0.39, 0.29) is 5.91 Å². The summed E-state index contributed by atoms with van der Waals surface area (Å²) in [6, 6.07) is 2.13. The van der Waals surface area contributed by atoms with E-state index in [2.05, 4.69) is 11.4 Å². The van der Waals surface area contributed by atoms with E-state index in [0.29, 0.717) is 21.1 Å². The number of nitrogens with zero attached hydrogens (tertiary/aromatic N) is 1. The van der Waals surface area contributed by atoms with Crippen molar-refractivity contribution in [2.45, 2.75) is 70.6 Å². The number of amides is 2. The average Bonchev–Trinajstić information content (AvgIpc) is 3.15. The van der Waals surface area contributed by atoms with Crippen LogP contribution in [0.2, 0.25) is 0 Å². The molecule has 5 N–H and O–H groups in total. The van der Waals surface area contributed by atoms with Crippen LogP contribution in [0.3, 0.4) is 0 Å². The van der Waals surface area contributed by atoms with Gasteiger partial charge in [-0.2, -0.15) is 0 Å². The SMILES string of the molecule is NC(=O)c1c(NC(=O)c2sc3nc4c(cc3c2N)CCCCCC4)sc2c1CCCCC2. The first-order valence-corrected chi connectivity index (χ1v) is 13.1. The summed E-state index contributed by atoms with van der Waals surface area (Å²) in [4.78, 5) is 32.8. The topological polar surface area (TPSA) is 111 Å². The Morgan fingerprint density at radius 3 is 2.47 bits per heavy atom. The summed E-state index contributed by atoms with van der Waals surface area (Å²) in [5.41, 5.74) is 16.5. The molecular weight excluding hydrogens is 440 g/mol. The van der Waals surface area contributed by atoms with Crippen LogP contribution in [0.15, 0.2) is 6.07 Å². The number of nitrogens with one attached hydrogen (secondary N) is 1. The summed E-state index contributed by atoms with van der Waals surface area (Å²) < 4.78 is 0. The number of nitrogen functional groups attached to an aromatic ring is 1. The van der Waals surface area contributed by atoms with Crippen molar-refractivity contribution >= 4 is 55.4 Å². The molecule has 2 aliphatic rings. The number of carbonyl (C=O) groups is 2. The van der Waals surface area contributed by atoms with Crippen molar-refractivity contribution in [3.63, 3.8) is 0 Å². The highest BCUT2D eigenvalue weighted by Gasteiger charge is 2.26. The Labute approximate surface area is 195 Å². The van der Waals surface area contributed by atoms with E-state index in [9.17, 15) is 9.59 Å². The molecule has 0 unspecified atom stereocenters. The van der Waals surface area contributed by atoms with E-state index in [4.69, 9.17) is 16.5 Å². The van der Waals surface area contributed by atoms with Gasteiger partial charge in [0.2, 0.25) is 0 Å². The summed E-state index contributed by atoms with van der Waals surface area (Å²) in [5.74, 6) is -0.776. The Morgan fingerprint density at radius 2 is 1.66 bits per heavy atom. The van der Waals surface area contributed by atoms with Crippen LogP contribution in [0, 0.1) is 0 Å². The third kappa shape index (κ3) is 3.90. The maximum atomic E-state index is 13.2. The van der Waals surface area contributed by atoms with Crippen LogP contribution < -0.4 is 16.8 Å². The van der Waals surface area contributed by atoms with Crippen molar-refractivity contribution < 1.29 is 9.59 Å². The minimum Gasteiger partial charge on any atom is -0.397 e. The van der Waals surface area contributed by atoms with E-state index >= 15 is 0 Å². The monoisotopic (exact) mass is 468 g/mol. The largest absolute Gasteiger partial charge is 0.397 e. The van der Waals surface area contributed by atoms with E-state index in [1.54, 1.807) is 0 Å². The van der Waals surface area contributed by atoms with Crippen LogP contribution in [-0.2, 0) is 25.7 Å². The minimum absolute atomic E-state index is 0.295. The van der Waals surface area contributed by atoms with Gasteiger partial charge >= 0.3 is 0 Å². The molecule has 168 valence electrons. The van der Waals surface area contributed by atoms with Crippen molar-refractivity contribution in [3.05, 3.63) is 38.2 Å². The number of rotatable bonds is 3.